The van der Waals surface area contributed by atoms with Crippen LogP contribution in [0.1, 0.15) is 29.4 Å². The number of nitrogens with zero attached hydrogens (tertiary/aromatic N) is 2. The van der Waals surface area contributed by atoms with Crippen LogP contribution in [-0.4, -0.2) is 44.1 Å². The minimum Gasteiger partial charge on any atom is -0.497 e. The van der Waals surface area contributed by atoms with Crippen LogP contribution in [-0.2, 0) is 14.2 Å². The summed E-state index contributed by atoms with van der Waals surface area (Å²) in [5.74, 6) is 1.35. The molecule has 2 aliphatic heterocycles. The van der Waals surface area contributed by atoms with Crippen LogP contribution in [0.4, 0.5) is 14.3 Å². The molecule has 0 atom stereocenters. The zero-order chi connectivity index (χ0) is 26.9. The summed E-state index contributed by atoms with van der Waals surface area (Å²) >= 11 is 0. The van der Waals surface area contributed by atoms with Crippen LogP contribution < -0.4 is 5.73 Å². The maximum atomic E-state index is 16.0. The van der Waals surface area contributed by atoms with Gasteiger partial charge in [0.2, 0.25) is 0 Å². The van der Waals surface area contributed by atoms with Crippen LogP contribution in [0.5, 0.6) is 0 Å². The second-order valence-electron chi connectivity index (χ2n) is 8.91. The molecule has 0 bridgehead atoms. The molecule has 0 fully saturated rings. The second kappa shape index (κ2) is 10.1. The van der Waals surface area contributed by atoms with E-state index in [4.69, 9.17) is 19.9 Å². The standard InChI is InChI=1S/C28H31BF2N3O3/c1-18(16-25(36-5)28(37-6)20(3)35-4)9-14-23-17-19(2)27-26(21-10-12-22(32)13-11-21)24-8-7-15-33(24)29(30,31)34(23)27/h7-14,16-17H,1,15,32H2,2-6H3/q-1/b14-9+,25-16+,28-20-. The molecule has 2 N–H and O–H groups in total. The predicted octanol–water partition coefficient (Wildman–Crippen LogP) is 5.87. The molecule has 1 aromatic heterocycles. The lowest BCUT2D eigenvalue weighted by molar-refractivity contribution is 0.186. The summed E-state index contributed by atoms with van der Waals surface area (Å²) < 4.78 is 49.2. The lowest BCUT2D eigenvalue weighted by Gasteiger charge is -2.46. The first-order chi connectivity index (χ1) is 17.6. The number of anilines is 1. The number of methoxy groups -OCH3 is 3. The zero-order valence-electron chi connectivity index (χ0n) is 21.7. The van der Waals surface area contributed by atoms with Crippen molar-refractivity contribution in [2.75, 3.05) is 33.6 Å². The normalized spacial score (nSPS) is 17.1. The van der Waals surface area contributed by atoms with E-state index in [1.54, 1.807) is 55.5 Å². The van der Waals surface area contributed by atoms with E-state index >= 15 is 8.63 Å². The van der Waals surface area contributed by atoms with Gasteiger partial charge in [0.1, 0.15) is 5.76 Å². The van der Waals surface area contributed by atoms with Crippen LogP contribution >= 0.6 is 0 Å². The van der Waals surface area contributed by atoms with Crippen LogP contribution in [0, 0.1) is 6.92 Å². The highest BCUT2D eigenvalue weighted by molar-refractivity contribution is 6.63. The van der Waals surface area contributed by atoms with Gasteiger partial charge < -0.3 is 37.9 Å². The maximum absolute atomic E-state index is 16.0. The van der Waals surface area contributed by atoms with Gasteiger partial charge in [-0.05, 0) is 67.0 Å². The number of fused-ring (bicyclic) bond motifs is 2. The molecule has 0 spiro atoms. The first-order valence-electron chi connectivity index (χ1n) is 11.8. The van der Waals surface area contributed by atoms with Gasteiger partial charge in [0.25, 0.3) is 0 Å². The average molecular weight is 506 g/mol. The number of nitrogen functional groups attached to an aromatic ring is 1. The highest BCUT2D eigenvalue weighted by Crippen LogP contribution is 2.44. The highest BCUT2D eigenvalue weighted by atomic mass is 19.2. The highest BCUT2D eigenvalue weighted by Gasteiger charge is 2.44. The molecule has 0 saturated heterocycles. The summed E-state index contributed by atoms with van der Waals surface area (Å²) in [6.07, 6.45) is 8.52. The summed E-state index contributed by atoms with van der Waals surface area (Å²) in [5, 5.41) is 0. The molecule has 194 valence electrons. The molecular weight excluding hydrogens is 475 g/mol. The molecule has 9 heteroatoms. The third-order valence-electron chi connectivity index (χ3n) is 6.58. The van der Waals surface area contributed by atoms with E-state index in [0.29, 0.717) is 45.6 Å². The number of allylic oxidation sites excluding steroid dienone is 5. The Morgan fingerprint density at radius 2 is 1.81 bits per heavy atom. The smallest absolute Gasteiger partial charge is 0.497 e. The molecule has 0 saturated carbocycles. The Labute approximate surface area is 216 Å². The molecule has 0 amide bonds. The lowest BCUT2D eigenvalue weighted by Crippen LogP contribution is -2.54. The molecule has 3 heterocycles. The van der Waals surface area contributed by atoms with Crippen molar-refractivity contribution in [1.82, 2.24) is 9.29 Å². The van der Waals surface area contributed by atoms with Gasteiger partial charge in [0.05, 0.1) is 21.3 Å². The number of aryl methyl sites for hydroxylation is 1. The summed E-state index contributed by atoms with van der Waals surface area (Å²) in [4.78, 5) is 1.18. The molecule has 6 nitrogen and oxygen atoms in total. The third kappa shape index (κ3) is 4.57. The van der Waals surface area contributed by atoms with E-state index in [-0.39, 0.29) is 6.54 Å². The Hall–Kier alpha value is -4.14. The summed E-state index contributed by atoms with van der Waals surface area (Å²) in [6.45, 7) is 3.70. The summed E-state index contributed by atoms with van der Waals surface area (Å²) in [5.41, 5.74) is 10.8. The van der Waals surface area contributed by atoms with E-state index in [1.165, 1.54) is 26.1 Å². The number of hydrogen-bond donors (Lipinski definition) is 1. The number of benzene rings is 1. The van der Waals surface area contributed by atoms with E-state index in [1.807, 2.05) is 19.1 Å². The number of halogens is 2. The minimum atomic E-state index is -4.08. The SMILES string of the molecule is C=C(/C=C/c1cc(C)c2n1[B-](F)(F)N1CC=CC1=C2c1ccc(N)cc1)/C=C(OC)\C(OC)=C(/C)OC. The fourth-order valence-electron chi connectivity index (χ4n) is 4.78. The van der Waals surface area contributed by atoms with Gasteiger partial charge in [-0.1, -0.05) is 30.9 Å². The van der Waals surface area contributed by atoms with Gasteiger partial charge >= 0.3 is 6.97 Å². The average Bonchev–Trinajstić information content (AvgIpc) is 3.50. The topological polar surface area (TPSA) is 61.9 Å². The van der Waals surface area contributed by atoms with Crippen LogP contribution in [0.15, 0.2) is 89.8 Å². The Kier molecular flexibility index (Phi) is 7.07. The molecule has 0 radical (unpaired) electrons. The Morgan fingerprint density at radius 1 is 1.11 bits per heavy atom. The number of nitrogens with two attached hydrogens (primary N) is 1. The van der Waals surface area contributed by atoms with Gasteiger partial charge in [-0.2, -0.15) is 0 Å². The van der Waals surface area contributed by atoms with E-state index in [0.717, 1.165) is 21.2 Å². The number of hydrogen-bond acceptors (Lipinski definition) is 5. The van der Waals surface area contributed by atoms with Crippen molar-refractivity contribution >= 4 is 24.3 Å². The van der Waals surface area contributed by atoms with E-state index < -0.39 is 6.97 Å². The van der Waals surface area contributed by atoms with Gasteiger partial charge in [-0.15, -0.1) is 0 Å². The van der Waals surface area contributed by atoms with Crippen molar-refractivity contribution in [3.63, 3.8) is 0 Å². The molecule has 2 aliphatic rings. The molecule has 0 aliphatic carbocycles. The third-order valence-corrected chi connectivity index (χ3v) is 6.58. The molecule has 37 heavy (non-hydrogen) atoms. The van der Waals surface area contributed by atoms with Crippen LogP contribution in [0.25, 0.3) is 11.6 Å². The van der Waals surface area contributed by atoms with Gasteiger partial charge in [-0.3, -0.25) is 0 Å². The van der Waals surface area contributed by atoms with Gasteiger partial charge in [-0.25, -0.2) is 0 Å². The largest absolute Gasteiger partial charge is 0.529 e. The second-order valence-corrected chi connectivity index (χ2v) is 8.91. The summed E-state index contributed by atoms with van der Waals surface area (Å²) in [6, 6.07) is 9.07. The number of ether oxygens (including phenoxy) is 3. The monoisotopic (exact) mass is 506 g/mol. The van der Waals surface area contributed by atoms with Crippen molar-refractivity contribution in [2.24, 2.45) is 0 Å². The van der Waals surface area contributed by atoms with E-state index in [9.17, 15) is 0 Å². The Balaban J connectivity index is 1.80. The number of rotatable bonds is 8. The lowest BCUT2D eigenvalue weighted by atomic mass is 9.84. The van der Waals surface area contributed by atoms with Crippen molar-refractivity contribution in [2.45, 2.75) is 13.8 Å². The molecule has 1 aromatic carbocycles. The minimum absolute atomic E-state index is 0.137. The van der Waals surface area contributed by atoms with Crippen molar-refractivity contribution in [3.8, 4) is 0 Å². The fraction of sp³-hybridized carbons (Fsp3) is 0.214. The van der Waals surface area contributed by atoms with Gasteiger partial charge in [0, 0.05) is 34.9 Å². The molecule has 4 rings (SSSR count). The maximum Gasteiger partial charge on any atom is 0.529 e. The zero-order valence-corrected chi connectivity index (χ0v) is 21.7. The van der Waals surface area contributed by atoms with Crippen molar-refractivity contribution in [1.29, 1.82) is 0 Å². The first kappa shape index (κ1) is 25.9. The van der Waals surface area contributed by atoms with E-state index in [2.05, 4.69) is 6.58 Å². The van der Waals surface area contributed by atoms with Crippen LogP contribution in [0.3, 0.4) is 0 Å². The molecule has 0 unspecified atom stereocenters. The van der Waals surface area contributed by atoms with Crippen molar-refractivity contribution in [3.05, 3.63) is 112 Å². The predicted molar refractivity (Wildman–Crippen MR) is 145 cm³/mol. The molecule has 2 aromatic rings. The first-order valence-corrected chi connectivity index (χ1v) is 11.8. The summed E-state index contributed by atoms with van der Waals surface area (Å²) in [7, 11) is 4.55. The Morgan fingerprint density at radius 3 is 2.43 bits per heavy atom. The fourth-order valence-corrected chi connectivity index (χ4v) is 4.78. The van der Waals surface area contributed by atoms with Gasteiger partial charge in [0.15, 0.2) is 11.5 Å². The van der Waals surface area contributed by atoms with Crippen molar-refractivity contribution < 1.29 is 22.8 Å². The quantitative estimate of drug-likeness (QED) is 0.210. The Bertz CT molecular complexity index is 1380. The number of aromatic nitrogens is 1. The molecular formula is C28H31BF2N3O3-. The van der Waals surface area contributed by atoms with Crippen LogP contribution in [0.2, 0.25) is 0 Å².